The Morgan fingerprint density at radius 1 is 0.931 bits per heavy atom. The van der Waals surface area contributed by atoms with Crippen LogP contribution in [0.5, 0.6) is 0 Å². The predicted molar refractivity (Wildman–Crippen MR) is 116 cm³/mol. The van der Waals surface area contributed by atoms with Gasteiger partial charge in [0.2, 0.25) is 0 Å². The third-order valence-electron chi connectivity index (χ3n) is 5.94. The lowest BCUT2D eigenvalue weighted by Crippen LogP contribution is -2.38. The summed E-state index contributed by atoms with van der Waals surface area (Å²) in [6, 6.07) is 14.5. The summed E-state index contributed by atoms with van der Waals surface area (Å²) < 4.78 is 0. The molecule has 0 N–H and O–H groups in total. The first-order chi connectivity index (χ1) is 14.1. The van der Waals surface area contributed by atoms with E-state index in [1.54, 1.807) is 4.90 Å². The van der Waals surface area contributed by atoms with Gasteiger partial charge in [0.25, 0.3) is 5.78 Å². The van der Waals surface area contributed by atoms with Gasteiger partial charge in [-0.2, -0.15) is 0 Å². The number of carbonyl (C=O) groups excluding carboxylic acids is 2. The van der Waals surface area contributed by atoms with Crippen molar-refractivity contribution in [3.63, 3.8) is 0 Å². The Bertz CT molecular complexity index is 901. The molecule has 2 aliphatic heterocycles. The molecule has 0 atom stereocenters. The highest BCUT2D eigenvalue weighted by Gasteiger charge is 2.36. The van der Waals surface area contributed by atoms with Crippen LogP contribution in [0.1, 0.15) is 47.7 Å². The van der Waals surface area contributed by atoms with E-state index in [0.717, 1.165) is 37.3 Å². The van der Waals surface area contributed by atoms with Crippen molar-refractivity contribution in [2.45, 2.75) is 39.2 Å². The number of carbonyl (C=O) groups is 2. The van der Waals surface area contributed by atoms with Crippen LogP contribution >= 0.6 is 0 Å². The van der Waals surface area contributed by atoms with Crippen molar-refractivity contribution in [3.05, 3.63) is 59.2 Å². The molecule has 4 rings (SSSR count). The molecule has 0 saturated carbocycles. The highest BCUT2D eigenvalue weighted by Crippen LogP contribution is 2.30. The zero-order chi connectivity index (χ0) is 20.4. The first kappa shape index (κ1) is 19.6. The number of hydrogen-bond donors (Lipinski definition) is 0. The smallest absolute Gasteiger partial charge is 0.300 e. The van der Waals surface area contributed by atoms with Crippen LogP contribution in [-0.2, 0) is 17.8 Å². The van der Waals surface area contributed by atoms with Gasteiger partial charge < -0.3 is 4.90 Å². The van der Waals surface area contributed by atoms with Crippen molar-refractivity contribution < 1.29 is 9.59 Å². The predicted octanol–water partition coefficient (Wildman–Crippen LogP) is 3.86. The molecule has 0 bridgehead atoms. The Kier molecular flexibility index (Phi) is 5.67. The minimum atomic E-state index is -0.430. The van der Waals surface area contributed by atoms with Crippen molar-refractivity contribution in [3.8, 4) is 0 Å². The Labute approximate surface area is 172 Å². The Hall–Kier alpha value is -2.66. The summed E-state index contributed by atoms with van der Waals surface area (Å²) in [5, 5.41) is 0. The number of amides is 1. The third kappa shape index (κ3) is 4.06. The van der Waals surface area contributed by atoms with Crippen molar-refractivity contribution in [2.75, 3.05) is 36.6 Å². The van der Waals surface area contributed by atoms with Gasteiger partial charge >= 0.3 is 5.91 Å². The number of hydrogen-bond acceptors (Lipinski definition) is 4. The average Bonchev–Trinajstić information content (AvgIpc) is 2.99. The molecular weight excluding hydrogens is 362 g/mol. The first-order valence-corrected chi connectivity index (χ1v) is 10.6. The summed E-state index contributed by atoms with van der Waals surface area (Å²) in [5.74, 6) is -0.824. The molecule has 2 heterocycles. The second-order valence-electron chi connectivity index (χ2n) is 8.14. The van der Waals surface area contributed by atoms with Gasteiger partial charge in [0.15, 0.2) is 0 Å². The zero-order valence-corrected chi connectivity index (χ0v) is 17.4. The quantitative estimate of drug-likeness (QED) is 0.702. The standard InChI is InChI=1S/C24H29N3O2/c1-3-18-9-12-22-21(15-18)23(28)24(29)27(22)17-25(2)16-19-7-10-20(11-8-19)26-13-5-4-6-14-26/h7-12,15H,3-6,13-14,16-17H2,1-2H3. The molecule has 0 radical (unpaired) electrons. The number of nitrogens with zero attached hydrogens (tertiary/aromatic N) is 3. The van der Waals surface area contributed by atoms with Crippen molar-refractivity contribution in [1.82, 2.24) is 4.90 Å². The van der Waals surface area contributed by atoms with Crippen LogP contribution in [-0.4, -0.2) is 43.4 Å². The number of Topliss-reactive ketones (excluding diaryl/α,β-unsaturated/α-hetero) is 1. The Balaban J connectivity index is 1.41. The third-order valence-corrected chi connectivity index (χ3v) is 5.94. The highest BCUT2D eigenvalue weighted by atomic mass is 16.2. The molecule has 2 aromatic carbocycles. The van der Waals surface area contributed by atoms with Gasteiger partial charge in [-0.25, -0.2) is 0 Å². The second kappa shape index (κ2) is 8.37. The Morgan fingerprint density at radius 3 is 2.31 bits per heavy atom. The van der Waals surface area contributed by atoms with E-state index in [4.69, 9.17) is 0 Å². The minimum absolute atomic E-state index is 0.394. The number of ketones is 1. The average molecular weight is 392 g/mol. The second-order valence-corrected chi connectivity index (χ2v) is 8.14. The van der Waals surface area contributed by atoms with Gasteiger partial charge in [0.05, 0.1) is 17.9 Å². The van der Waals surface area contributed by atoms with Crippen LogP contribution in [0.4, 0.5) is 11.4 Å². The van der Waals surface area contributed by atoms with Crippen LogP contribution in [0.25, 0.3) is 0 Å². The van der Waals surface area contributed by atoms with Crippen LogP contribution in [0.15, 0.2) is 42.5 Å². The van der Waals surface area contributed by atoms with Gasteiger partial charge in [0.1, 0.15) is 0 Å². The van der Waals surface area contributed by atoms with E-state index in [0.29, 0.717) is 12.2 Å². The van der Waals surface area contributed by atoms with Gasteiger partial charge in [-0.15, -0.1) is 0 Å². The number of benzene rings is 2. The summed E-state index contributed by atoms with van der Waals surface area (Å²) in [6.45, 7) is 5.45. The lowest BCUT2D eigenvalue weighted by atomic mass is 10.1. The monoisotopic (exact) mass is 391 g/mol. The van der Waals surface area contributed by atoms with Gasteiger partial charge in [-0.05, 0) is 68.1 Å². The number of fused-ring (bicyclic) bond motifs is 1. The van der Waals surface area contributed by atoms with E-state index >= 15 is 0 Å². The molecule has 0 spiro atoms. The fourth-order valence-corrected chi connectivity index (χ4v) is 4.28. The SMILES string of the molecule is CCc1ccc2c(c1)C(=O)C(=O)N2CN(C)Cc1ccc(N2CCCCC2)cc1. The van der Waals surface area contributed by atoms with E-state index in [-0.39, 0.29) is 0 Å². The molecule has 1 saturated heterocycles. The number of piperidine rings is 1. The normalized spacial score (nSPS) is 16.7. The van der Waals surface area contributed by atoms with Crippen LogP contribution in [0, 0.1) is 0 Å². The molecule has 29 heavy (non-hydrogen) atoms. The van der Waals surface area contributed by atoms with Crippen LogP contribution in [0.3, 0.4) is 0 Å². The highest BCUT2D eigenvalue weighted by molar-refractivity contribution is 6.52. The molecule has 0 aromatic heterocycles. The fourth-order valence-electron chi connectivity index (χ4n) is 4.28. The van der Waals surface area contributed by atoms with Crippen molar-refractivity contribution in [2.24, 2.45) is 0 Å². The van der Waals surface area contributed by atoms with E-state index in [2.05, 4.69) is 34.1 Å². The molecule has 1 fully saturated rings. The lowest BCUT2D eigenvalue weighted by Gasteiger charge is -2.29. The number of aryl methyl sites for hydroxylation is 1. The van der Waals surface area contributed by atoms with E-state index < -0.39 is 11.7 Å². The van der Waals surface area contributed by atoms with E-state index in [1.165, 1.54) is 30.5 Å². The minimum Gasteiger partial charge on any atom is -0.372 e. The van der Waals surface area contributed by atoms with Crippen LogP contribution < -0.4 is 9.80 Å². The lowest BCUT2D eigenvalue weighted by molar-refractivity contribution is -0.114. The molecule has 152 valence electrons. The topological polar surface area (TPSA) is 43.9 Å². The van der Waals surface area contributed by atoms with Gasteiger partial charge in [-0.3, -0.25) is 19.4 Å². The molecule has 0 aliphatic carbocycles. The largest absolute Gasteiger partial charge is 0.372 e. The molecule has 1 amide bonds. The number of rotatable bonds is 6. The number of anilines is 2. The zero-order valence-electron chi connectivity index (χ0n) is 17.4. The molecule has 5 nitrogen and oxygen atoms in total. The summed E-state index contributed by atoms with van der Waals surface area (Å²) in [7, 11) is 1.98. The molecular formula is C24H29N3O2. The maximum absolute atomic E-state index is 12.5. The summed E-state index contributed by atoms with van der Waals surface area (Å²) in [6.07, 6.45) is 4.73. The maximum atomic E-state index is 12.5. The van der Waals surface area contributed by atoms with E-state index in [9.17, 15) is 9.59 Å². The molecule has 2 aromatic rings. The fraction of sp³-hybridized carbons (Fsp3) is 0.417. The molecule has 0 unspecified atom stereocenters. The van der Waals surface area contributed by atoms with Gasteiger partial charge in [-0.1, -0.05) is 25.1 Å². The molecule has 2 aliphatic rings. The molecule has 5 heteroatoms. The van der Waals surface area contributed by atoms with Crippen LogP contribution in [0.2, 0.25) is 0 Å². The van der Waals surface area contributed by atoms with Crippen molar-refractivity contribution in [1.29, 1.82) is 0 Å². The van der Waals surface area contributed by atoms with E-state index in [1.807, 2.05) is 32.2 Å². The Morgan fingerprint density at radius 2 is 1.62 bits per heavy atom. The summed E-state index contributed by atoms with van der Waals surface area (Å²) >= 11 is 0. The first-order valence-electron chi connectivity index (χ1n) is 10.6. The summed E-state index contributed by atoms with van der Waals surface area (Å²) in [5.41, 5.74) is 4.83. The summed E-state index contributed by atoms with van der Waals surface area (Å²) in [4.78, 5) is 31.0. The maximum Gasteiger partial charge on any atom is 0.300 e. The van der Waals surface area contributed by atoms with Crippen molar-refractivity contribution >= 4 is 23.1 Å². The van der Waals surface area contributed by atoms with Gasteiger partial charge in [0, 0.05) is 25.3 Å².